The van der Waals surface area contributed by atoms with Gasteiger partial charge in [-0.15, -0.1) is 0 Å². The molecule has 5 nitrogen and oxygen atoms in total. The van der Waals surface area contributed by atoms with Gasteiger partial charge in [0, 0.05) is 23.5 Å². The maximum absolute atomic E-state index is 13.4. The van der Waals surface area contributed by atoms with Crippen LogP contribution in [-0.4, -0.2) is 43.9 Å². The van der Waals surface area contributed by atoms with Crippen LogP contribution in [0, 0.1) is 5.82 Å². The van der Waals surface area contributed by atoms with Crippen LogP contribution in [0.1, 0.15) is 17.3 Å². The van der Waals surface area contributed by atoms with Crippen molar-refractivity contribution in [1.82, 2.24) is 4.98 Å². The number of esters is 1. The summed E-state index contributed by atoms with van der Waals surface area (Å²) in [6.07, 6.45) is 0. The Morgan fingerprint density at radius 1 is 1.21 bits per heavy atom. The molecule has 1 saturated heterocycles. The minimum Gasteiger partial charge on any atom is -0.465 e. The molecule has 2 heterocycles. The molecular formula is C22H21FN2O3. The van der Waals surface area contributed by atoms with E-state index in [1.54, 1.807) is 30.3 Å². The fourth-order valence-electron chi connectivity index (χ4n) is 3.53. The quantitative estimate of drug-likeness (QED) is 0.642. The lowest BCUT2D eigenvalue weighted by atomic mass is 10.0. The minimum atomic E-state index is -0.384. The van der Waals surface area contributed by atoms with Gasteiger partial charge in [0.05, 0.1) is 42.8 Å². The van der Waals surface area contributed by atoms with Crippen LogP contribution in [0.4, 0.5) is 10.1 Å². The molecule has 28 heavy (non-hydrogen) atoms. The van der Waals surface area contributed by atoms with Gasteiger partial charge in [-0.05, 0) is 55.5 Å². The van der Waals surface area contributed by atoms with Crippen LogP contribution in [-0.2, 0) is 9.47 Å². The third-order valence-electron chi connectivity index (χ3n) is 5.01. The Balaban J connectivity index is 1.90. The van der Waals surface area contributed by atoms with E-state index < -0.39 is 0 Å². The predicted octanol–water partition coefficient (Wildman–Crippen LogP) is 4.05. The first-order valence-electron chi connectivity index (χ1n) is 9.20. The minimum absolute atomic E-state index is 0.177. The fourth-order valence-corrected chi connectivity index (χ4v) is 3.53. The Hall–Kier alpha value is -2.99. The molecule has 4 rings (SSSR count). The Labute approximate surface area is 162 Å². The number of hydrogen-bond acceptors (Lipinski definition) is 5. The van der Waals surface area contributed by atoms with Gasteiger partial charge in [0.25, 0.3) is 0 Å². The summed E-state index contributed by atoms with van der Waals surface area (Å²) in [7, 11) is 1.36. The Morgan fingerprint density at radius 3 is 2.71 bits per heavy atom. The van der Waals surface area contributed by atoms with Crippen molar-refractivity contribution >= 4 is 22.6 Å². The lowest BCUT2D eigenvalue weighted by Gasteiger charge is -2.36. The van der Waals surface area contributed by atoms with Crippen LogP contribution in [0.15, 0.2) is 48.5 Å². The summed E-state index contributed by atoms with van der Waals surface area (Å²) in [6.45, 7) is 4.10. The predicted molar refractivity (Wildman–Crippen MR) is 106 cm³/mol. The number of hydrogen-bond donors (Lipinski definition) is 0. The molecule has 1 fully saturated rings. The molecule has 1 atom stereocenters. The molecule has 0 radical (unpaired) electrons. The molecule has 3 aromatic rings. The normalized spacial score (nSPS) is 17.0. The Kier molecular flexibility index (Phi) is 4.96. The van der Waals surface area contributed by atoms with Gasteiger partial charge >= 0.3 is 5.97 Å². The van der Waals surface area contributed by atoms with Crippen LogP contribution in [0.25, 0.3) is 22.2 Å². The number of nitrogens with zero attached hydrogens (tertiary/aromatic N) is 2. The summed E-state index contributed by atoms with van der Waals surface area (Å²) >= 11 is 0. The number of methoxy groups -OCH3 is 1. The summed E-state index contributed by atoms with van der Waals surface area (Å²) in [5, 5.41) is 0.849. The van der Waals surface area contributed by atoms with E-state index in [0.29, 0.717) is 18.8 Å². The molecule has 0 unspecified atom stereocenters. The molecule has 0 spiro atoms. The van der Waals surface area contributed by atoms with E-state index >= 15 is 0 Å². The molecule has 0 N–H and O–H groups in total. The number of aromatic nitrogens is 1. The number of morpholine rings is 1. The summed E-state index contributed by atoms with van der Waals surface area (Å²) in [4.78, 5) is 19.0. The Bertz CT molecular complexity index is 1020. The zero-order valence-electron chi connectivity index (χ0n) is 15.8. The highest BCUT2D eigenvalue weighted by Crippen LogP contribution is 2.34. The van der Waals surface area contributed by atoms with Crippen molar-refractivity contribution in [3.63, 3.8) is 0 Å². The second kappa shape index (κ2) is 7.56. The number of pyridine rings is 1. The number of carbonyl (C=O) groups excluding carboxylic acids is 1. The molecule has 0 amide bonds. The second-order valence-electron chi connectivity index (χ2n) is 6.88. The number of rotatable bonds is 3. The molecule has 0 saturated carbocycles. The lowest BCUT2D eigenvalue weighted by molar-refractivity contribution is 0.0601. The molecule has 0 bridgehead atoms. The summed E-state index contributed by atoms with van der Waals surface area (Å²) in [5.74, 6) is -0.667. The molecule has 144 valence electrons. The van der Waals surface area contributed by atoms with Crippen LogP contribution >= 0.6 is 0 Å². The van der Waals surface area contributed by atoms with E-state index in [0.717, 1.165) is 34.4 Å². The largest absolute Gasteiger partial charge is 0.465 e. The van der Waals surface area contributed by atoms with Gasteiger partial charge in [0.15, 0.2) is 0 Å². The van der Waals surface area contributed by atoms with E-state index in [1.165, 1.54) is 19.2 Å². The molecule has 1 aromatic heterocycles. The molecule has 2 aromatic carbocycles. The smallest absolute Gasteiger partial charge is 0.337 e. The van der Waals surface area contributed by atoms with Gasteiger partial charge < -0.3 is 14.4 Å². The number of benzene rings is 2. The van der Waals surface area contributed by atoms with Crippen LogP contribution < -0.4 is 4.90 Å². The highest BCUT2D eigenvalue weighted by atomic mass is 19.1. The fraction of sp³-hybridized carbons (Fsp3) is 0.273. The second-order valence-corrected chi connectivity index (χ2v) is 6.88. The van der Waals surface area contributed by atoms with Crippen molar-refractivity contribution in [3.8, 4) is 11.3 Å². The van der Waals surface area contributed by atoms with Gasteiger partial charge in [-0.25, -0.2) is 14.2 Å². The molecule has 1 aliphatic heterocycles. The van der Waals surface area contributed by atoms with Gasteiger partial charge in [0.2, 0.25) is 0 Å². The lowest BCUT2D eigenvalue weighted by Crippen LogP contribution is -2.44. The van der Waals surface area contributed by atoms with Gasteiger partial charge in [-0.2, -0.15) is 0 Å². The third-order valence-corrected chi connectivity index (χ3v) is 5.01. The third kappa shape index (κ3) is 3.43. The summed E-state index contributed by atoms with van der Waals surface area (Å²) in [6, 6.07) is 13.9. The summed E-state index contributed by atoms with van der Waals surface area (Å²) < 4.78 is 23.8. The zero-order valence-corrected chi connectivity index (χ0v) is 15.8. The van der Waals surface area contributed by atoms with E-state index in [9.17, 15) is 9.18 Å². The van der Waals surface area contributed by atoms with E-state index in [2.05, 4.69) is 11.8 Å². The molecule has 0 aliphatic carbocycles. The zero-order chi connectivity index (χ0) is 19.7. The van der Waals surface area contributed by atoms with Gasteiger partial charge in [-0.3, -0.25) is 0 Å². The van der Waals surface area contributed by atoms with Crippen LogP contribution in [0.2, 0.25) is 0 Å². The van der Waals surface area contributed by atoms with Crippen LogP contribution in [0.3, 0.4) is 0 Å². The Morgan fingerprint density at radius 2 is 2.00 bits per heavy atom. The van der Waals surface area contributed by atoms with Crippen molar-refractivity contribution in [1.29, 1.82) is 0 Å². The van der Waals surface area contributed by atoms with Crippen molar-refractivity contribution in [2.75, 3.05) is 31.8 Å². The number of carbonyl (C=O) groups is 1. The molecule has 6 heteroatoms. The number of halogens is 1. The number of ether oxygens (including phenoxy) is 2. The maximum atomic E-state index is 13.4. The number of anilines is 1. The average molecular weight is 380 g/mol. The number of fused-ring (bicyclic) bond motifs is 1. The highest BCUT2D eigenvalue weighted by molar-refractivity contribution is 5.96. The van der Waals surface area contributed by atoms with E-state index in [-0.39, 0.29) is 17.8 Å². The van der Waals surface area contributed by atoms with Gasteiger partial charge in [0.1, 0.15) is 5.82 Å². The van der Waals surface area contributed by atoms with Gasteiger partial charge in [-0.1, -0.05) is 0 Å². The SMILES string of the molecule is COC(=O)c1ccc2nc(-c3ccc(F)cc3)c(N3CCOC[C@@H]3C)cc2c1. The topological polar surface area (TPSA) is 51.7 Å². The van der Waals surface area contributed by atoms with Crippen LogP contribution in [0.5, 0.6) is 0 Å². The van der Waals surface area contributed by atoms with E-state index in [1.807, 2.05) is 6.07 Å². The monoisotopic (exact) mass is 380 g/mol. The molecular weight excluding hydrogens is 359 g/mol. The molecule has 1 aliphatic rings. The standard InChI is InChI=1S/C22H21FN2O3/c1-14-13-28-10-9-25(14)20-12-17-11-16(22(26)27-2)5-8-19(17)24-21(20)15-3-6-18(23)7-4-15/h3-8,11-12,14H,9-10,13H2,1-2H3/t14-/m0/s1. The van der Waals surface area contributed by atoms with Crippen molar-refractivity contribution in [3.05, 3.63) is 59.9 Å². The maximum Gasteiger partial charge on any atom is 0.337 e. The first kappa shape index (κ1) is 18.4. The first-order chi connectivity index (χ1) is 13.6. The van der Waals surface area contributed by atoms with E-state index in [4.69, 9.17) is 14.5 Å². The highest BCUT2D eigenvalue weighted by Gasteiger charge is 2.23. The van der Waals surface area contributed by atoms with Crippen molar-refractivity contribution in [2.45, 2.75) is 13.0 Å². The van der Waals surface area contributed by atoms with Crippen molar-refractivity contribution < 1.29 is 18.7 Å². The average Bonchev–Trinajstić information content (AvgIpc) is 2.73. The summed E-state index contributed by atoms with van der Waals surface area (Å²) in [5.41, 5.74) is 3.81. The first-order valence-corrected chi connectivity index (χ1v) is 9.20. The van der Waals surface area contributed by atoms with Crippen molar-refractivity contribution in [2.24, 2.45) is 0 Å².